The molecule has 0 saturated carbocycles. The van der Waals surface area contributed by atoms with Crippen LogP contribution in [0.2, 0.25) is 0 Å². The molecule has 0 aromatic heterocycles. The van der Waals surface area contributed by atoms with Gasteiger partial charge in [-0.25, -0.2) is 0 Å². The number of nitrogens with zero attached hydrogens (tertiary/aromatic N) is 3. The van der Waals surface area contributed by atoms with E-state index in [0.717, 1.165) is 0 Å². The number of hydrogen-bond donors (Lipinski definition) is 0. The summed E-state index contributed by atoms with van der Waals surface area (Å²) in [7, 11) is 0. The molecule has 1 unspecified atom stereocenters. The molecule has 1 atom stereocenters. The van der Waals surface area contributed by atoms with Gasteiger partial charge < -0.3 is 0 Å². The molecule has 0 fully saturated rings. The Bertz CT molecular complexity index is 146. The molecule has 0 aromatic carbocycles. The Kier molecular flexibility index (Phi) is 1.78. The molecule has 1 heterocycles. The zero-order chi connectivity index (χ0) is 7.72. The predicted molar refractivity (Wildman–Crippen MR) is 37.9 cm³/mol. The highest BCUT2D eigenvalue weighted by Crippen LogP contribution is 2.14. The van der Waals surface area contributed by atoms with Gasteiger partial charge in [-0.2, -0.15) is 10.2 Å². The van der Waals surface area contributed by atoms with E-state index in [0.29, 0.717) is 5.12 Å². The molecule has 4 heteroatoms. The number of hydrazone groups is 1. The zero-order valence-corrected chi connectivity index (χ0v) is 6.45. The largest absolute Gasteiger partial charge is 0.268 e. The summed E-state index contributed by atoms with van der Waals surface area (Å²) in [6, 6.07) is 0.256. The van der Waals surface area contributed by atoms with E-state index in [9.17, 15) is 4.48 Å². The molecule has 0 spiro atoms. The van der Waals surface area contributed by atoms with Crippen molar-refractivity contribution >= 4 is 6.34 Å². The van der Waals surface area contributed by atoms with Crippen LogP contribution in [0.1, 0.15) is 20.8 Å². The van der Waals surface area contributed by atoms with Gasteiger partial charge >= 0.3 is 0 Å². The van der Waals surface area contributed by atoms with Crippen LogP contribution in [0.5, 0.6) is 0 Å². The van der Waals surface area contributed by atoms with Crippen LogP contribution in [0, 0.1) is 0 Å². The first kappa shape index (κ1) is 7.31. The van der Waals surface area contributed by atoms with Gasteiger partial charge in [-0.3, -0.25) is 5.01 Å². The van der Waals surface area contributed by atoms with Gasteiger partial charge in [0.05, 0.1) is 0 Å². The van der Waals surface area contributed by atoms with Gasteiger partial charge in [-0.15, -0.1) is 0 Å². The maximum absolute atomic E-state index is 12.6. The van der Waals surface area contributed by atoms with Crippen molar-refractivity contribution in [2.24, 2.45) is 5.10 Å². The third-order valence-corrected chi connectivity index (χ3v) is 1.56. The maximum Gasteiger partial charge on any atom is 0.147 e. The number of halogens is 1. The average Bonchev–Trinajstić information content (AvgIpc) is 2.14. The molecule has 0 bridgehead atoms. The second-order valence-corrected chi connectivity index (χ2v) is 2.68. The summed E-state index contributed by atoms with van der Waals surface area (Å²) in [5, 5.41) is 6.16. The molecule has 0 N–H and O–H groups in total. The average molecular weight is 145 g/mol. The van der Waals surface area contributed by atoms with E-state index in [1.165, 1.54) is 6.34 Å². The van der Waals surface area contributed by atoms with Crippen molar-refractivity contribution in [3.8, 4) is 0 Å². The van der Waals surface area contributed by atoms with Gasteiger partial charge in [0, 0.05) is 6.04 Å². The quantitative estimate of drug-likeness (QED) is 0.516. The second kappa shape index (κ2) is 2.44. The molecule has 0 aromatic rings. The minimum Gasteiger partial charge on any atom is -0.268 e. The Morgan fingerprint density at radius 2 is 2.20 bits per heavy atom. The lowest BCUT2D eigenvalue weighted by atomic mass is 10.3. The van der Waals surface area contributed by atoms with Crippen LogP contribution in [0.25, 0.3) is 0 Å². The smallest absolute Gasteiger partial charge is 0.147 e. The summed E-state index contributed by atoms with van der Waals surface area (Å²) >= 11 is 0. The zero-order valence-electron chi connectivity index (χ0n) is 6.45. The van der Waals surface area contributed by atoms with Crippen LogP contribution in [0.4, 0.5) is 4.48 Å². The minimum atomic E-state index is -0.250. The first-order chi connectivity index (χ1) is 4.63. The van der Waals surface area contributed by atoms with Gasteiger partial charge in [0.1, 0.15) is 12.5 Å². The molecule has 0 aliphatic carbocycles. The lowest BCUT2D eigenvalue weighted by molar-refractivity contribution is 0.00275. The normalized spacial score (nSPS) is 25.1. The van der Waals surface area contributed by atoms with E-state index in [2.05, 4.69) is 5.10 Å². The Labute approximate surface area is 60.0 Å². The fourth-order valence-corrected chi connectivity index (χ4v) is 0.980. The third kappa shape index (κ3) is 1.05. The van der Waals surface area contributed by atoms with E-state index >= 15 is 0 Å². The molecule has 0 saturated heterocycles. The highest BCUT2D eigenvalue weighted by molar-refractivity contribution is 5.55. The topological polar surface area (TPSA) is 18.8 Å². The highest BCUT2D eigenvalue weighted by atomic mass is 19.2. The standard InChI is InChI=1S/C6H12FN3/c1-5(2)10-6(3)9(7)4-8-10/h4-6H,1-3H3. The van der Waals surface area contributed by atoms with Crippen molar-refractivity contribution in [3.63, 3.8) is 0 Å². The fourth-order valence-electron chi connectivity index (χ4n) is 0.980. The highest BCUT2D eigenvalue weighted by Gasteiger charge is 2.24. The van der Waals surface area contributed by atoms with E-state index in [-0.39, 0.29) is 12.2 Å². The first-order valence-electron chi connectivity index (χ1n) is 3.39. The maximum atomic E-state index is 12.6. The fraction of sp³-hybridized carbons (Fsp3) is 0.833. The molecule has 1 aliphatic rings. The molecule has 3 nitrogen and oxygen atoms in total. The van der Waals surface area contributed by atoms with E-state index < -0.39 is 0 Å². The Balaban J connectivity index is 2.58. The molecular weight excluding hydrogens is 133 g/mol. The van der Waals surface area contributed by atoms with Crippen LogP contribution >= 0.6 is 0 Å². The van der Waals surface area contributed by atoms with Gasteiger partial charge in [-0.05, 0) is 20.8 Å². The Hall–Kier alpha value is -0.800. The summed E-state index contributed by atoms with van der Waals surface area (Å²) in [5.41, 5.74) is 0. The second-order valence-electron chi connectivity index (χ2n) is 2.68. The molecule has 58 valence electrons. The SMILES string of the molecule is CC(C)N1N=CN(F)C1C. The Morgan fingerprint density at radius 3 is 2.40 bits per heavy atom. The minimum absolute atomic E-state index is 0.250. The van der Waals surface area contributed by atoms with Crippen LogP contribution < -0.4 is 0 Å². The molecule has 1 aliphatic heterocycles. The van der Waals surface area contributed by atoms with Gasteiger partial charge in [0.15, 0.2) is 0 Å². The number of rotatable bonds is 1. The molecule has 10 heavy (non-hydrogen) atoms. The summed E-state index contributed by atoms with van der Waals surface area (Å²) in [5.74, 6) is 0. The van der Waals surface area contributed by atoms with Gasteiger partial charge in [0.2, 0.25) is 0 Å². The lowest BCUT2D eigenvalue weighted by Crippen LogP contribution is -2.36. The third-order valence-electron chi connectivity index (χ3n) is 1.56. The van der Waals surface area contributed by atoms with E-state index in [1.807, 2.05) is 13.8 Å². The van der Waals surface area contributed by atoms with Crippen LogP contribution in [-0.4, -0.2) is 28.7 Å². The summed E-state index contributed by atoms with van der Waals surface area (Å²) in [6.45, 7) is 5.73. The van der Waals surface area contributed by atoms with E-state index in [1.54, 1.807) is 11.9 Å². The molecule has 0 radical (unpaired) electrons. The van der Waals surface area contributed by atoms with Crippen molar-refractivity contribution in [3.05, 3.63) is 0 Å². The van der Waals surface area contributed by atoms with Crippen molar-refractivity contribution < 1.29 is 4.48 Å². The Morgan fingerprint density at radius 1 is 1.60 bits per heavy atom. The van der Waals surface area contributed by atoms with Crippen molar-refractivity contribution in [1.82, 2.24) is 10.1 Å². The van der Waals surface area contributed by atoms with Crippen LogP contribution in [0.3, 0.4) is 0 Å². The molecule has 1 rings (SSSR count). The van der Waals surface area contributed by atoms with Gasteiger partial charge in [-0.1, -0.05) is 4.48 Å². The van der Waals surface area contributed by atoms with Crippen LogP contribution in [0.15, 0.2) is 5.10 Å². The molecule has 0 amide bonds. The summed E-state index contributed by atoms with van der Waals surface area (Å²) in [4.78, 5) is 0. The van der Waals surface area contributed by atoms with Crippen molar-refractivity contribution in [1.29, 1.82) is 0 Å². The lowest BCUT2D eigenvalue weighted by Gasteiger charge is -2.24. The van der Waals surface area contributed by atoms with Crippen LogP contribution in [-0.2, 0) is 0 Å². The number of hydrogen-bond acceptors (Lipinski definition) is 3. The molecular formula is C6H12FN3. The predicted octanol–water partition coefficient (Wildman–Crippen LogP) is 1.19. The van der Waals surface area contributed by atoms with Crippen molar-refractivity contribution in [2.75, 3.05) is 0 Å². The van der Waals surface area contributed by atoms with Crippen molar-refractivity contribution in [2.45, 2.75) is 33.0 Å². The summed E-state index contributed by atoms with van der Waals surface area (Å²) in [6.07, 6.45) is 0.949. The van der Waals surface area contributed by atoms with E-state index in [4.69, 9.17) is 0 Å². The summed E-state index contributed by atoms with van der Waals surface area (Å²) < 4.78 is 12.6. The monoisotopic (exact) mass is 145 g/mol. The van der Waals surface area contributed by atoms with Gasteiger partial charge in [0.25, 0.3) is 0 Å². The first-order valence-corrected chi connectivity index (χ1v) is 3.39.